The second kappa shape index (κ2) is 14.6. The number of nitrogens with two attached hydrogens (primary N) is 2. The van der Waals surface area contributed by atoms with Gasteiger partial charge in [0.25, 0.3) is 0 Å². The molecule has 0 saturated heterocycles. The fraction of sp³-hybridized carbons (Fsp3) is 0.778. The SMILES string of the molecule is CCCCCC=C(CCCCCCCCCC(N)=O)C(N)=O. The smallest absolute Gasteiger partial charge is 0.244 e. The largest absolute Gasteiger partial charge is 0.370 e. The van der Waals surface area contributed by atoms with Gasteiger partial charge in [0.15, 0.2) is 0 Å². The summed E-state index contributed by atoms with van der Waals surface area (Å²) < 4.78 is 0. The van der Waals surface area contributed by atoms with Gasteiger partial charge in [0.2, 0.25) is 11.8 Å². The Balaban J connectivity index is 3.60. The molecule has 0 aromatic carbocycles. The van der Waals surface area contributed by atoms with Crippen LogP contribution in [0.1, 0.15) is 90.4 Å². The molecule has 128 valence electrons. The van der Waals surface area contributed by atoms with E-state index in [9.17, 15) is 9.59 Å². The van der Waals surface area contributed by atoms with Crippen molar-refractivity contribution >= 4 is 11.8 Å². The maximum absolute atomic E-state index is 11.4. The number of primary amides is 2. The molecular weight excluding hydrogens is 276 g/mol. The third kappa shape index (κ3) is 13.7. The second-order valence-corrected chi connectivity index (χ2v) is 6.03. The first kappa shape index (κ1) is 20.7. The zero-order chi connectivity index (χ0) is 16.6. The van der Waals surface area contributed by atoms with Gasteiger partial charge in [-0.3, -0.25) is 9.59 Å². The zero-order valence-corrected chi connectivity index (χ0v) is 14.2. The third-order valence-corrected chi connectivity index (χ3v) is 3.88. The van der Waals surface area contributed by atoms with Gasteiger partial charge in [0.1, 0.15) is 0 Å². The van der Waals surface area contributed by atoms with Crippen molar-refractivity contribution in [3.8, 4) is 0 Å². The lowest BCUT2D eigenvalue weighted by Crippen LogP contribution is -2.14. The maximum Gasteiger partial charge on any atom is 0.244 e. The minimum absolute atomic E-state index is 0.204. The standard InChI is InChI=1S/C18H34N2O2/c1-2-3-4-10-13-16(18(20)22)14-11-8-6-5-7-9-12-15-17(19)21/h13H,2-12,14-15H2,1H3,(H2,19,21)(H2,20,22). The number of hydrogen-bond acceptors (Lipinski definition) is 2. The highest BCUT2D eigenvalue weighted by Gasteiger charge is 2.04. The van der Waals surface area contributed by atoms with Gasteiger partial charge in [-0.2, -0.15) is 0 Å². The first-order valence-electron chi connectivity index (χ1n) is 8.85. The Labute approximate surface area is 135 Å². The van der Waals surface area contributed by atoms with Gasteiger partial charge in [0.05, 0.1) is 0 Å². The molecule has 0 heterocycles. The fourth-order valence-corrected chi connectivity index (χ4v) is 2.50. The fourth-order valence-electron chi connectivity index (χ4n) is 2.50. The molecular formula is C18H34N2O2. The van der Waals surface area contributed by atoms with Gasteiger partial charge >= 0.3 is 0 Å². The molecule has 0 fully saturated rings. The Morgan fingerprint density at radius 1 is 0.773 bits per heavy atom. The molecule has 4 heteroatoms. The highest BCUT2D eigenvalue weighted by atomic mass is 16.1. The molecule has 0 aliphatic carbocycles. The van der Waals surface area contributed by atoms with E-state index in [1.807, 2.05) is 6.08 Å². The van der Waals surface area contributed by atoms with E-state index in [1.165, 1.54) is 25.7 Å². The zero-order valence-electron chi connectivity index (χ0n) is 14.2. The summed E-state index contributed by atoms with van der Waals surface area (Å²) in [5.74, 6) is -0.465. The van der Waals surface area contributed by atoms with Crippen LogP contribution < -0.4 is 11.5 Å². The van der Waals surface area contributed by atoms with Crippen LogP contribution in [0.2, 0.25) is 0 Å². The summed E-state index contributed by atoms with van der Waals surface area (Å²) in [4.78, 5) is 22.0. The Morgan fingerprint density at radius 2 is 1.32 bits per heavy atom. The van der Waals surface area contributed by atoms with Gasteiger partial charge in [-0.05, 0) is 32.1 Å². The lowest BCUT2D eigenvalue weighted by atomic mass is 10.0. The number of hydrogen-bond donors (Lipinski definition) is 2. The van der Waals surface area contributed by atoms with Crippen molar-refractivity contribution in [2.24, 2.45) is 11.5 Å². The van der Waals surface area contributed by atoms with E-state index >= 15 is 0 Å². The van der Waals surface area contributed by atoms with E-state index in [0.29, 0.717) is 6.42 Å². The lowest BCUT2D eigenvalue weighted by molar-refractivity contribution is -0.118. The first-order valence-corrected chi connectivity index (χ1v) is 8.85. The number of unbranched alkanes of at least 4 members (excludes halogenated alkanes) is 9. The normalized spacial score (nSPS) is 11.6. The molecule has 0 saturated carbocycles. The van der Waals surface area contributed by atoms with Gasteiger partial charge in [-0.15, -0.1) is 0 Å². The molecule has 0 aliphatic rings. The van der Waals surface area contributed by atoms with E-state index < -0.39 is 0 Å². The quantitative estimate of drug-likeness (QED) is 0.354. The molecule has 0 aromatic heterocycles. The summed E-state index contributed by atoms with van der Waals surface area (Å²) in [6.45, 7) is 2.17. The van der Waals surface area contributed by atoms with Crippen LogP contribution in [0, 0.1) is 0 Å². The molecule has 4 N–H and O–H groups in total. The molecule has 22 heavy (non-hydrogen) atoms. The molecule has 0 rings (SSSR count). The highest BCUT2D eigenvalue weighted by molar-refractivity contribution is 5.91. The molecule has 0 unspecified atom stereocenters. The van der Waals surface area contributed by atoms with Crippen LogP contribution in [0.3, 0.4) is 0 Å². The average Bonchev–Trinajstić information content (AvgIpc) is 2.46. The minimum Gasteiger partial charge on any atom is -0.370 e. The second-order valence-electron chi connectivity index (χ2n) is 6.03. The summed E-state index contributed by atoms with van der Waals surface area (Å²) in [5.41, 5.74) is 11.3. The van der Waals surface area contributed by atoms with Gasteiger partial charge in [-0.25, -0.2) is 0 Å². The minimum atomic E-state index is -0.261. The van der Waals surface area contributed by atoms with Crippen molar-refractivity contribution in [2.75, 3.05) is 0 Å². The molecule has 0 bridgehead atoms. The first-order chi connectivity index (χ1) is 10.6. The predicted molar refractivity (Wildman–Crippen MR) is 92.2 cm³/mol. The lowest BCUT2D eigenvalue weighted by Gasteiger charge is -2.04. The Bertz CT molecular complexity index is 338. The van der Waals surface area contributed by atoms with Crippen molar-refractivity contribution in [3.05, 3.63) is 11.6 Å². The molecule has 0 aromatic rings. The molecule has 0 aliphatic heterocycles. The predicted octanol–water partition coefficient (Wildman–Crippen LogP) is 3.97. The average molecular weight is 310 g/mol. The summed E-state index contributed by atoms with van der Waals surface area (Å²) in [6.07, 6.45) is 15.5. The topological polar surface area (TPSA) is 86.2 Å². The molecule has 0 atom stereocenters. The van der Waals surface area contributed by atoms with Gasteiger partial charge in [-0.1, -0.05) is 57.9 Å². The number of allylic oxidation sites excluding steroid dienone is 1. The molecule has 4 nitrogen and oxygen atoms in total. The van der Waals surface area contributed by atoms with Gasteiger partial charge in [0, 0.05) is 12.0 Å². The summed E-state index contributed by atoms with van der Waals surface area (Å²) in [7, 11) is 0. The van der Waals surface area contributed by atoms with E-state index in [2.05, 4.69) is 6.92 Å². The summed E-state index contributed by atoms with van der Waals surface area (Å²) in [5, 5.41) is 0. The number of carbonyl (C=O) groups excluding carboxylic acids is 2. The van der Waals surface area contributed by atoms with Crippen LogP contribution in [-0.2, 0) is 9.59 Å². The Hall–Kier alpha value is -1.32. The van der Waals surface area contributed by atoms with Crippen LogP contribution in [0.5, 0.6) is 0 Å². The number of rotatable bonds is 15. The van der Waals surface area contributed by atoms with E-state index in [-0.39, 0.29) is 11.8 Å². The van der Waals surface area contributed by atoms with Crippen LogP contribution in [0.15, 0.2) is 11.6 Å². The van der Waals surface area contributed by atoms with Crippen LogP contribution in [0.4, 0.5) is 0 Å². The van der Waals surface area contributed by atoms with E-state index in [0.717, 1.165) is 56.9 Å². The van der Waals surface area contributed by atoms with Crippen LogP contribution in [-0.4, -0.2) is 11.8 Å². The van der Waals surface area contributed by atoms with Crippen molar-refractivity contribution in [3.63, 3.8) is 0 Å². The van der Waals surface area contributed by atoms with Crippen molar-refractivity contribution in [2.45, 2.75) is 90.4 Å². The van der Waals surface area contributed by atoms with Crippen molar-refractivity contribution in [1.82, 2.24) is 0 Å². The van der Waals surface area contributed by atoms with Crippen LogP contribution >= 0.6 is 0 Å². The summed E-state index contributed by atoms with van der Waals surface area (Å²) in [6, 6.07) is 0. The van der Waals surface area contributed by atoms with Gasteiger partial charge < -0.3 is 11.5 Å². The summed E-state index contributed by atoms with van der Waals surface area (Å²) >= 11 is 0. The Morgan fingerprint density at radius 3 is 1.82 bits per heavy atom. The number of carbonyl (C=O) groups is 2. The van der Waals surface area contributed by atoms with Crippen molar-refractivity contribution in [1.29, 1.82) is 0 Å². The monoisotopic (exact) mass is 310 g/mol. The number of amides is 2. The Kier molecular flexibility index (Phi) is 13.7. The third-order valence-electron chi connectivity index (χ3n) is 3.88. The molecule has 0 spiro atoms. The molecule has 2 amide bonds. The van der Waals surface area contributed by atoms with Crippen LogP contribution in [0.25, 0.3) is 0 Å². The maximum atomic E-state index is 11.4. The highest BCUT2D eigenvalue weighted by Crippen LogP contribution is 2.14. The van der Waals surface area contributed by atoms with E-state index in [1.54, 1.807) is 0 Å². The van der Waals surface area contributed by atoms with Crippen molar-refractivity contribution < 1.29 is 9.59 Å². The molecule has 0 radical (unpaired) electrons. The van der Waals surface area contributed by atoms with E-state index in [4.69, 9.17) is 11.5 Å².